The summed E-state index contributed by atoms with van der Waals surface area (Å²) in [6, 6.07) is 8.59. The summed E-state index contributed by atoms with van der Waals surface area (Å²) < 4.78 is 0. The Balaban J connectivity index is 1.81. The van der Waals surface area contributed by atoms with E-state index in [0.29, 0.717) is 0 Å². The van der Waals surface area contributed by atoms with Gasteiger partial charge in [-0.3, -0.25) is 9.63 Å². The van der Waals surface area contributed by atoms with Crippen molar-refractivity contribution in [3.8, 4) is 0 Å². The Morgan fingerprint density at radius 1 is 1.42 bits per heavy atom. The van der Waals surface area contributed by atoms with Crippen LogP contribution in [-0.4, -0.2) is 28.5 Å². The zero-order valence-electron chi connectivity index (χ0n) is 10.8. The van der Waals surface area contributed by atoms with Gasteiger partial charge in [0.2, 0.25) is 0 Å². The molecule has 0 aliphatic carbocycles. The van der Waals surface area contributed by atoms with Crippen molar-refractivity contribution in [2.24, 2.45) is 0 Å². The van der Waals surface area contributed by atoms with Crippen molar-refractivity contribution in [1.29, 1.82) is 0 Å². The number of hydrogen-bond acceptors (Lipinski definition) is 3. The van der Waals surface area contributed by atoms with Crippen LogP contribution in [-0.2, 0) is 16.1 Å². The molecule has 0 bridgehead atoms. The SMILES string of the molecule is CC(=O)[C@H]1C[C@@H]2c3[nH]c4ccccc4c3CCN2O1. The molecule has 0 radical (unpaired) electrons. The lowest BCUT2D eigenvalue weighted by Gasteiger charge is -2.27. The minimum atomic E-state index is -0.276. The lowest BCUT2D eigenvalue weighted by atomic mass is 9.96. The molecule has 1 aromatic carbocycles. The Bertz CT molecular complexity index is 661. The number of benzene rings is 1. The first-order chi connectivity index (χ1) is 9.24. The number of carbonyl (C=O) groups excluding carboxylic acids is 1. The van der Waals surface area contributed by atoms with Gasteiger partial charge in [0.15, 0.2) is 5.78 Å². The minimum Gasteiger partial charge on any atom is -0.357 e. The van der Waals surface area contributed by atoms with Crippen LogP contribution in [0.5, 0.6) is 0 Å². The van der Waals surface area contributed by atoms with Crippen molar-refractivity contribution in [2.45, 2.75) is 31.9 Å². The van der Waals surface area contributed by atoms with E-state index in [2.05, 4.69) is 23.2 Å². The molecule has 2 aromatic rings. The molecular weight excluding hydrogens is 240 g/mol. The monoisotopic (exact) mass is 256 g/mol. The highest BCUT2D eigenvalue weighted by molar-refractivity contribution is 5.85. The van der Waals surface area contributed by atoms with Gasteiger partial charge >= 0.3 is 0 Å². The van der Waals surface area contributed by atoms with Gasteiger partial charge in [0, 0.05) is 29.6 Å². The van der Waals surface area contributed by atoms with Gasteiger partial charge in [-0.25, -0.2) is 0 Å². The number of hydrogen-bond donors (Lipinski definition) is 1. The second-order valence-corrected chi connectivity index (χ2v) is 5.41. The number of nitrogens with zero attached hydrogens (tertiary/aromatic N) is 1. The highest BCUT2D eigenvalue weighted by Gasteiger charge is 2.41. The molecule has 2 aliphatic rings. The van der Waals surface area contributed by atoms with Gasteiger partial charge in [0.1, 0.15) is 6.10 Å². The summed E-state index contributed by atoms with van der Waals surface area (Å²) in [6.45, 7) is 2.47. The van der Waals surface area contributed by atoms with Gasteiger partial charge in [0.05, 0.1) is 6.04 Å². The number of hydroxylamine groups is 2. The van der Waals surface area contributed by atoms with E-state index in [0.717, 1.165) is 19.4 Å². The summed E-state index contributed by atoms with van der Waals surface area (Å²) in [5.41, 5.74) is 3.81. The zero-order chi connectivity index (χ0) is 13.0. The normalized spacial score (nSPS) is 26.4. The number of rotatable bonds is 1. The molecular formula is C15H16N2O2. The number of Topliss-reactive ketones (excluding diaryl/α,β-unsaturated/α-hetero) is 1. The summed E-state index contributed by atoms with van der Waals surface area (Å²) in [6.07, 6.45) is 1.46. The highest BCUT2D eigenvalue weighted by atomic mass is 16.7. The summed E-state index contributed by atoms with van der Waals surface area (Å²) in [7, 11) is 0. The predicted molar refractivity (Wildman–Crippen MR) is 71.6 cm³/mol. The van der Waals surface area contributed by atoms with Crippen LogP contribution < -0.4 is 0 Å². The largest absolute Gasteiger partial charge is 0.357 e. The molecule has 0 saturated carbocycles. The number of para-hydroxylation sites is 1. The molecule has 1 fully saturated rings. The van der Waals surface area contributed by atoms with Crippen molar-refractivity contribution in [3.63, 3.8) is 0 Å². The van der Waals surface area contributed by atoms with E-state index in [-0.39, 0.29) is 17.9 Å². The lowest BCUT2D eigenvalue weighted by Crippen LogP contribution is -2.30. The van der Waals surface area contributed by atoms with Crippen molar-refractivity contribution in [2.75, 3.05) is 6.54 Å². The van der Waals surface area contributed by atoms with E-state index in [9.17, 15) is 4.79 Å². The molecule has 98 valence electrons. The third kappa shape index (κ3) is 1.57. The van der Waals surface area contributed by atoms with Gasteiger partial charge in [-0.2, -0.15) is 5.06 Å². The number of fused-ring (bicyclic) bond motifs is 5. The maximum absolute atomic E-state index is 11.5. The smallest absolute Gasteiger partial charge is 0.160 e. The van der Waals surface area contributed by atoms with Crippen LogP contribution in [0.2, 0.25) is 0 Å². The fourth-order valence-electron chi connectivity index (χ4n) is 3.31. The number of carbonyl (C=O) groups is 1. The summed E-state index contributed by atoms with van der Waals surface area (Å²) >= 11 is 0. The van der Waals surface area contributed by atoms with Gasteiger partial charge in [-0.05, 0) is 25.0 Å². The topological polar surface area (TPSA) is 45.3 Å². The molecule has 0 amide bonds. The van der Waals surface area contributed by atoms with E-state index in [4.69, 9.17) is 4.84 Å². The summed E-state index contributed by atoms with van der Waals surface area (Å²) in [5.74, 6) is 0.118. The van der Waals surface area contributed by atoms with Crippen LogP contribution in [0.4, 0.5) is 0 Å². The standard InChI is InChI=1S/C15H16N2O2/c1-9(18)14-8-13-15-11(6-7-17(13)19-14)10-4-2-3-5-12(10)16-15/h2-5,13-14,16H,6-8H2,1H3/t13-,14-/m1/s1. The Morgan fingerprint density at radius 2 is 2.26 bits per heavy atom. The molecule has 2 atom stereocenters. The van der Waals surface area contributed by atoms with Gasteiger partial charge in [0.25, 0.3) is 0 Å². The number of nitrogens with one attached hydrogen (secondary N) is 1. The first-order valence-corrected chi connectivity index (χ1v) is 6.77. The Labute approximate surface area is 111 Å². The second kappa shape index (κ2) is 3.92. The highest BCUT2D eigenvalue weighted by Crippen LogP contribution is 2.41. The van der Waals surface area contributed by atoms with Crippen LogP contribution >= 0.6 is 0 Å². The molecule has 1 N–H and O–H groups in total. The van der Waals surface area contributed by atoms with E-state index < -0.39 is 0 Å². The average Bonchev–Trinajstić information content (AvgIpc) is 2.99. The van der Waals surface area contributed by atoms with Crippen molar-refractivity contribution >= 4 is 16.7 Å². The van der Waals surface area contributed by atoms with Crippen LogP contribution in [0.1, 0.15) is 30.6 Å². The van der Waals surface area contributed by atoms with Crippen LogP contribution in [0.3, 0.4) is 0 Å². The molecule has 0 spiro atoms. The number of H-pyrrole nitrogens is 1. The summed E-state index contributed by atoms with van der Waals surface area (Å²) in [4.78, 5) is 20.8. The molecule has 4 heteroatoms. The van der Waals surface area contributed by atoms with Crippen LogP contribution in [0, 0.1) is 0 Å². The van der Waals surface area contributed by atoms with Gasteiger partial charge in [-0.15, -0.1) is 0 Å². The van der Waals surface area contributed by atoms with Gasteiger partial charge < -0.3 is 4.98 Å². The fraction of sp³-hybridized carbons (Fsp3) is 0.400. The number of aromatic amines is 1. The molecule has 4 nitrogen and oxygen atoms in total. The number of ketones is 1. The van der Waals surface area contributed by atoms with E-state index in [1.54, 1.807) is 6.92 Å². The maximum atomic E-state index is 11.5. The van der Waals surface area contributed by atoms with Crippen LogP contribution in [0.15, 0.2) is 24.3 Å². The minimum absolute atomic E-state index is 0.118. The first kappa shape index (κ1) is 11.2. The third-order valence-electron chi connectivity index (χ3n) is 4.26. The van der Waals surface area contributed by atoms with Gasteiger partial charge in [-0.1, -0.05) is 18.2 Å². The number of aromatic nitrogens is 1. The molecule has 0 unspecified atom stereocenters. The fourth-order valence-corrected chi connectivity index (χ4v) is 3.31. The molecule has 2 aliphatic heterocycles. The van der Waals surface area contributed by atoms with Crippen molar-refractivity contribution in [1.82, 2.24) is 10.0 Å². The molecule has 3 heterocycles. The predicted octanol–water partition coefficient (Wildman–Crippen LogP) is 2.36. The second-order valence-electron chi connectivity index (χ2n) is 5.41. The maximum Gasteiger partial charge on any atom is 0.160 e. The lowest BCUT2D eigenvalue weighted by molar-refractivity contribution is -0.174. The van der Waals surface area contributed by atoms with Crippen LogP contribution in [0.25, 0.3) is 10.9 Å². The quantitative estimate of drug-likeness (QED) is 0.852. The summed E-state index contributed by atoms with van der Waals surface area (Å²) in [5, 5.41) is 3.28. The first-order valence-electron chi connectivity index (χ1n) is 6.77. The molecule has 19 heavy (non-hydrogen) atoms. The molecule has 1 saturated heterocycles. The van der Waals surface area contributed by atoms with Crippen molar-refractivity contribution < 1.29 is 9.63 Å². The molecule has 4 rings (SSSR count). The van der Waals surface area contributed by atoms with Crippen molar-refractivity contribution in [3.05, 3.63) is 35.5 Å². The Morgan fingerprint density at radius 3 is 3.11 bits per heavy atom. The third-order valence-corrected chi connectivity index (χ3v) is 4.26. The van der Waals surface area contributed by atoms with E-state index in [1.165, 1.54) is 22.2 Å². The zero-order valence-corrected chi connectivity index (χ0v) is 10.8. The molecule has 1 aromatic heterocycles. The van der Waals surface area contributed by atoms with E-state index in [1.807, 2.05) is 11.1 Å². The Hall–Kier alpha value is -1.65. The average molecular weight is 256 g/mol. The Kier molecular flexibility index (Phi) is 2.31. The van der Waals surface area contributed by atoms with E-state index >= 15 is 0 Å².